The van der Waals surface area contributed by atoms with E-state index in [1.54, 1.807) is 30.3 Å². The van der Waals surface area contributed by atoms with Crippen LogP contribution >= 0.6 is 0 Å². The molecule has 0 radical (unpaired) electrons. The maximum absolute atomic E-state index is 12.6. The Morgan fingerprint density at radius 2 is 1.88 bits per heavy atom. The van der Waals surface area contributed by atoms with Gasteiger partial charge >= 0.3 is 0 Å². The molecule has 2 atom stereocenters. The Balaban J connectivity index is 1.64. The number of carbonyl (C=O) groups excluding carboxylic acids is 2. The van der Waals surface area contributed by atoms with Gasteiger partial charge in [-0.15, -0.1) is 0 Å². The molecule has 7 nitrogen and oxygen atoms in total. The van der Waals surface area contributed by atoms with Crippen LogP contribution in [-0.2, 0) is 9.59 Å². The van der Waals surface area contributed by atoms with E-state index in [0.717, 1.165) is 19.3 Å². The summed E-state index contributed by atoms with van der Waals surface area (Å²) in [7, 11) is 1.49. The predicted octanol–water partition coefficient (Wildman–Crippen LogP) is 4.31. The molecule has 33 heavy (non-hydrogen) atoms. The third-order valence-corrected chi connectivity index (χ3v) is 5.71. The highest BCUT2D eigenvalue weighted by molar-refractivity contribution is 6.02. The van der Waals surface area contributed by atoms with Crippen LogP contribution in [-0.4, -0.2) is 31.6 Å². The number of nitrogens with one attached hydrogen (secondary N) is 2. The lowest BCUT2D eigenvalue weighted by Crippen LogP contribution is -2.41. The van der Waals surface area contributed by atoms with E-state index in [0.29, 0.717) is 28.7 Å². The highest BCUT2D eigenvalue weighted by Crippen LogP contribution is 2.29. The number of methoxy groups -OCH3 is 1. The zero-order chi connectivity index (χ0) is 23.6. The maximum atomic E-state index is 12.6. The maximum Gasteiger partial charge on any atom is 0.262 e. The quantitative estimate of drug-likeness (QED) is 0.464. The minimum absolute atomic E-state index is 0.0331. The third kappa shape index (κ3) is 6.84. The molecule has 172 valence electrons. The summed E-state index contributed by atoms with van der Waals surface area (Å²) in [5, 5.41) is 15.3. The molecule has 0 aromatic heterocycles. The summed E-state index contributed by atoms with van der Waals surface area (Å²) >= 11 is 0. The summed E-state index contributed by atoms with van der Waals surface area (Å²) in [4.78, 5) is 24.8. The molecule has 1 saturated carbocycles. The van der Waals surface area contributed by atoms with Crippen LogP contribution in [0.5, 0.6) is 11.5 Å². The summed E-state index contributed by atoms with van der Waals surface area (Å²) in [6.07, 6.45) is 5.80. The number of para-hydroxylation sites is 1. The first-order valence-corrected chi connectivity index (χ1v) is 11.1. The first-order chi connectivity index (χ1) is 16.0. The van der Waals surface area contributed by atoms with Gasteiger partial charge in [-0.05, 0) is 54.7 Å². The lowest BCUT2D eigenvalue weighted by Gasteiger charge is -2.29. The van der Waals surface area contributed by atoms with Crippen molar-refractivity contribution in [2.45, 2.75) is 38.6 Å². The molecule has 0 bridgehead atoms. The number of amides is 2. The zero-order valence-corrected chi connectivity index (χ0v) is 19.0. The van der Waals surface area contributed by atoms with Gasteiger partial charge in [0.15, 0.2) is 18.1 Å². The molecule has 1 aliphatic carbocycles. The van der Waals surface area contributed by atoms with Crippen LogP contribution in [0, 0.1) is 17.2 Å². The second kappa shape index (κ2) is 11.7. The van der Waals surface area contributed by atoms with Gasteiger partial charge in [0, 0.05) is 11.7 Å². The third-order valence-electron chi connectivity index (χ3n) is 5.71. The van der Waals surface area contributed by atoms with Crippen molar-refractivity contribution >= 4 is 23.6 Å². The second-order valence-electron chi connectivity index (χ2n) is 8.12. The summed E-state index contributed by atoms with van der Waals surface area (Å²) in [6, 6.07) is 16.2. The van der Waals surface area contributed by atoms with Crippen LogP contribution in [0.25, 0.3) is 6.08 Å². The van der Waals surface area contributed by atoms with E-state index >= 15 is 0 Å². The molecular weight excluding hydrogens is 418 g/mol. The van der Waals surface area contributed by atoms with Crippen molar-refractivity contribution in [2.24, 2.45) is 5.92 Å². The van der Waals surface area contributed by atoms with Gasteiger partial charge in [0.05, 0.1) is 7.11 Å². The lowest BCUT2D eigenvalue weighted by molar-refractivity contribution is -0.119. The monoisotopic (exact) mass is 447 g/mol. The molecular formula is C26H29N3O4. The molecule has 2 N–H and O–H groups in total. The number of benzene rings is 2. The number of nitriles is 1. The van der Waals surface area contributed by atoms with Gasteiger partial charge in [-0.1, -0.05) is 44.0 Å². The molecule has 7 heteroatoms. The summed E-state index contributed by atoms with van der Waals surface area (Å²) in [6.45, 7) is 1.94. The Morgan fingerprint density at radius 3 is 2.58 bits per heavy atom. The number of ether oxygens (including phenoxy) is 2. The molecule has 0 saturated heterocycles. The molecule has 2 amide bonds. The fourth-order valence-corrected chi connectivity index (χ4v) is 3.85. The topological polar surface area (TPSA) is 100 Å². The Kier molecular flexibility index (Phi) is 8.48. The summed E-state index contributed by atoms with van der Waals surface area (Å²) in [5.41, 5.74) is 1.34. The van der Waals surface area contributed by atoms with Crippen molar-refractivity contribution in [1.29, 1.82) is 5.26 Å². The molecule has 0 spiro atoms. The van der Waals surface area contributed by atoms with Gasteiger partial charge < -0.3 is 20.1 Å². The molecule has 2 aromatic carbocycles. The second-order valence-corrected chi connectivity index (χ2v) is 8.12. The summed E-state index contributed by atoms with van der Waals surface area (Å²) < 4.78 is 11.0. The molecule has 0 heterocycles. The van der Waals surface area contributed by atoms with Crippen molar-refractivity contribution < 1.29 is 19.1 Å². The van der Waals surface area contributed by atoms with E-state index in [4.69, 9.17) is 9.47 Å². The number of hydrogen-bond acceptors (Lipinski definition) is 5. The lowest BCUT2D eigenvalue weighted by atomic mass is 9.86. The van der Waals surface area contributed by atoms with Crippen LogP contribution < -0.4 is 20.1 Å². The summed E-state index contributed by atoms with van der Waals surface area (Å²) in [5.74, 6) is 0.519. The van der Waals surface area contributed by atoms with Gasteiger partial charge in [-0.25, -0.2) is 0 Å². The average molecular weight is 448 g/mol. The van der Waals surface area contributed by atoms with Crippen molar-refractivity contribution in [3.8, 4) is 17.6 Å². The largest absolute Gasteiger partial charge is 0.493 e. The standard InChI is InChI=1S/C26H29N3O4/c1-18-8-6-7-11-22(18)29-26(31)20(16-27)14-19-12-13-23(24(15-19)32-2)33-17-25(30)28-21-9-4-3-5-10-21/h3-5,9-10,12-15,18,22H,6-8,11,17H2,1-2H3,(H,28,30)(H,29,31)/b20-14+/t18-,22-/m1/s1. The number of rotatable bonds is 8. The van der Waals surface area contributed by atoms with Gasteiger partial charge in [0.25, 0.3) is 11.8 Å². The van der Waals surface area contributed by atoms with Crippen LogP contribution in [0.2, 0.25) is 0 Å². The van der Waals surface area contributed by atoms with Crippen molar-refractivity contribution in [3.63, 3.8) is 0 Å². The van der Waals surface area contributed by atoms with Crippen LogP contribution in [0.15, 0.2) is 54.1 Å². The number of carbonyl (C=O) groups is 2. The first-order valence-electron chi connectivity index (χ1n) is 11.1. The van der Waals surface area contributed by atoms with Crippen LogP contribution in [0.3, 0.4) is 0 Å². The van der Waals surface area contributed by atoms with E-state index in [-0.39, 0.29) is 30.0 Å². The highest BCUT2D eigenvalue weighted by atomic mass is 16.5. The number of nitrogens with zero attached hydrogens (tertiary/aromatic N) is 1. The molecule has 1 fully saturated rings. The van der Waals surface area contributed by atoms with E-state index in [2.05, 4.69) is 17.6 Å². The Labute approximate surface area is 194 Å². The van der Waals surface area contributed by atoms with E-state index in [9.17, 15) is 14.9 Å². The van der Waals surface area contributed by atoms with Crippen molar-refractivity contribution in [2.75, 3.05) is 19.0 Å². The van der Waals surface area contributed by atoms with Gasteiger partial charge in [-0.2, -0.15) is 5.26 Å². The SMILES string of the molecule is COc1cc(/C=C(\C#N)C(=O)N[C@@H]2CCCC[C@H]2C)ccc1OCC(=O)Nc1ccccc1. The van der Waals surface area contributed by atoms with Gasteiger partial charge in [-0.3, -0.25) is 9.59 Å². The minimum Gasteiger partial charge on any atom is -0.493 e. The zero-order valence-electron chi connectivity index (χ0n) is 19.0. The molecule has 2 aromatic rings. The number of anilines is 1. The van der Waals surface area contributed by atoms with E-state index in [1.807, 2.05) is 24.3 Å². The Bertz CT molecular complexity index is 1040. The molecule has 3 rings (SSSR count). The fraction of sp³-hybridized carbons (Fsp3) is 0.346. The Morgan fingerprint density at radius 1 is 1.12 bits per heavy atom. The number of hydrogen-bond donors (Lipinski definition) is 2. The fourth-order valence-electron chi connectivity index (χ4n) is 3.85. The average Bonchev–Trinajstić information content (AvgIpc) is 2.83. The van der Waals surface area contributed by atoms with Crippen LogP contribution in [0.4, 0.5) is 5.69 Å². The Hall–Kier alpha value is -3.79. The van der Waals surface area contributed by atoms with E-state index < -0.39 is 0 Å². The molecule has 0 aliphatic heterocycles. The van der Waals surface area contributed by atoms with E-state index in [1.165, 1.54) is 19.6 Å². The van der Waals surface area contributed by atoms with Crippen molar-refractivity contribution in [3.05, 3.63) is 59.7 Å². The van der Waals surface area contributed by atoms with Crippen molar-refractivity contribution in [1.82, 2.24) is 5.32 Å². The smallest absolute Gasteiger partial charge is 0.262 e. The molecule has 0 unspecified atom stereocenters. The van der Waals surface area contributed by atoms with Gasteiger partial charge in [0.2, 0.25) is 0 Å². The first kappa shape index (κ1) is 23.9. The van der Waals surface area contributed by atoms with Gasteiger partial charge in [0.1, 0.15) is 11.6 Å². The highest BCUT2D eigenvalue weighted by Gasteiger charge is 2.24. The normalized spacial score (nSPS) is 18.0. The predicted molar refractivity (Wildman–Crippen MR) is 127 cm³/mol. The van der Waals surface area contributed by atoms with Crippen LogP contribution in [0.1, 0.15) is 38.2 Å². The molecule has 1 aliphatic rings. The minimum atomic E-state index is -0.367.